The number of hydrogen-bond acceptors (Lipinski definition) is 3. The molecule has 1 amide bonds. The first kappa shape index (κ1) is 15.4. The Kier molecular flexibility index (Phi) is 6.29. The predicted molar refractivity (Wildman–Crippen MR) is 76.6 cm³/mol. The van der Waals surface area contributed by atoms with Gasteiger partial charge in [-0.2, -0.15) is 0 Å². The summed E-state index contributed by atoms with van der Waals surface area (Å²) in [6, 6.07) is 9.69. The second-order valence-corrected chi connectivity index (χ2v) is 6.46. The van der Waals surface area contributed by atoms with Gasteiger partial charge in [0.05, 0.1) is 5.75 Å². The Balaban J connectivity index is 2.34. The Morgan fingerprint density at radius 3 is 2.58 bits per heavy atom. The lowest BCUT2D eigenvalue weighted by atomic mass is 10.1. The average molecular weight is 281 g/mol. The van der Waals surface area contributed by atoms with E-state index in [1.807, 2.05) is 30.3 Å². The normalized spacial score (nSPS) is 10.9. The molecule has 0 bridgehead atoms. The SMILES string of the molecule is C=CCNC(=O)CS(=O)(=O)CCCc1ccccc1. The molecule has 0 heterocycles. The van der Waals surface area contributed by atoms with E-state index in [0.717, 1.165) is 5.56 Å². The highest BCUT2D eigenvalue weighted by atomic mass is 32.2. The largest absolute Gasteiger partial charge is 0.352 e. The monoisotopic (exact) mass is 281 g/mol. The number of carbonyl (C=O) groups excluding carboxylic acids is 1. The molecule has 0 spiro atoms. The zero-order valence-electron chi connectivity index (χ0n) is 10.8. The Hall–Kier alpha value is -1.62. The minimum atomic E-state index is -3.33. The third-order valence-corrected chi connectivity index (χ3v) is 4.17. The van der Waals surface area contributed by atoms with E-state index in [1.54, 1.807) is 0 Å². The summed E-state index contributed by atoms with van der Waals surface area (Å²) in [5.74, 6) is -0.890. The fraction of sp³-hybridized carbons (Fsp3) is 0.357. The number of benzene rings is 1. The van der Waals surface area contributed by atoms with Crippen molar-refractivity contribution < 1.29 is 13.2 Å². The van der Waals surface area contributed by atoms with Crippen LogP contribution in [-0.4, -0.2) is 32.4 Å². The van der Waals surface area contributed by atoms with Crippen molar-refractivity contribution in [3.05, 3.63) is 48.6 Å². The van der Waals surface area contributed by atoms with Gasteiger partial charge in [-0.25, -0.2) is 8.42 Å². The maximum Gasteiger partial charge on any atom is 0.235 e. The van der Waals surface area contributed by atoms with Gasteiger partial charge in [0.1, 0.15) is 5.75 Å². The van der Waals surface area contributed by atoms with Crippen LogP contribution >= 0.6 is 0 Å². The van der Waals surface area contributed by atoms with E-state index in [-0.39, 0.29) is 5.75 Å². The van der Waals surface area contributed by atoms with Gasteiger partial charge < -0.3 is 5.32 Å². The van der Waals surface area contributed by atoms with Crippen molar-refractivity contribution >= 4 is 15.7 Å². The smallest absolute Gasteiger partial charge is 0.235 e. The lowest BCUT2D eigenvalue weighted by Gasteiger charge is -2.05. The highest BCUT2D eigenvalue weighted by molar-refractivity contribution is 7.92. The van der Waals surface area contributed by atoms with Crippen LogP contribution in [0.25, 0.3) is 0 Å². The third kappa shape index (κ3) is 6.76. The molecular formula is C14H19NO3S. The summed E-state index contributed by atoms with van der Waals surface area (Å²) in [6.45, 7) is 3.74. The molecule has 104 valence electrons. The summed E-state index contributed by atoms with van der Waals surface area (Å²) in [5, 5.41) is 2.46. The van der Waals surface area contributed by atoms with Gasteiger partial charge in [0.25, 0.3) is 0 Å². The molecule has 1 N–H and O–H groups in total. The highest BCUT2D eigenvalue weighted by Crippen LogP contribution is 2.04. The summed E-state index contributed by atoms with van der Waals surface area (Å²) >= 11 is 0. The molecule has 0 unspecified atom stereocenters. The Bertz CT molecular complexity index is 509. The summed E-state index contributed by atoms with van der Waals surface area (Å²) in [6.07, 6.45) is 2.75. The molecule has 0 aliphatic carbocycles. The molecule has 0 saturated heterocycles. The van der Waals surface area contributed by atoms with E-state index >= 15 is 0 Å². The minimum Gasteiger partial charge on any atom is -0.352 e. The lowest BCUT2D eigenvalue weighted by molar-refractivity contribution is -0.118. The van der Waals surface area contributed by atoms with Crippen molar-refractivity contribution in [1.29, 1.82) is 0 Å². The van der Waals surface area contributed by atoms with Crippen molar-refractivity contribution in [2.45, 2.75) is 12.8 Å². The van der Waals surface area contributed by atoms with Crippen LogP contribution in [0.1, 0.15) is 12.0 Å². The number of nitrogens with one attached hydrogen (secondary N) is 1. The lowest BCUT2D eigenvalue weighted by Crippen LogP contribution is -2.31. The second-order valence-electron chi connectivity index (χ2n) is 4.27. The van der Waals surface area contributed by atoms with Crippen LogP contribution in [0.2, 0.25) is 0 Å². The van der Waals surface area contributed by atoms with Crippen molar-refractivity contribution in [3.8, 4) is 0 Å². The molecule has 0 saturated carbocycles. The quantitative estimate of drug-likeness (QED) is 0.731. The van der Waals surface area contributed by atoms with Gasteiger partial charge in [-0.3, -0.25) is 4.79 Å². The second kappa shape index (κ2) is 7.74. The molecule has 0 aromatic heterocycles. The molecule has 0 atom stereocenters. The molecule has 0 aliphatic heterocycles. The van der Waals surface area contributed by atoms with Crippen LogP contribution in [0.3, 0.4) is 0 Å². The van der Waals surface area contributed by atoms with Crippen LogP contribution < -0.4 is 5.32 Å². The van der Waals surface area contributed by atoms with Gasteiger partial charge >= 0.3 is 0 Å². The number of carbonyl (C=O) groups is 1. The van der Waals surface area contributed by atoms with Crippen molar-refractivity contribution in [2.75, 3.05) is 18.1 Å². The van der Waals surface area contributed by atoms with Gasteiger partial charge in [0.15, 0.2) is 9.84 Å². The minimum absolute atomic E-state index is 0.0312. The molecule has 0 aliphatic rings. The van der Waals surface area contributed by atoms with Crippen molar-refractivity contribution in [3.63, 3.8) is 0 Å². The highest BCUT2D eigenvalue weighted by Gasteiger charge is 2.15. The number of hydrogen-bond donors (Lipinski definition) is 1. The summed E-state index contributed by atoms with van der Waals surface area (Å²) in [4.78, 5) is 11.3. The number of aryl methyl sites for hydroxylation is 1. The molecule has 19 heavy (non-hydrogen) atoms. The maximum atomic E-state index is 11.7. The Morgan fingerprint density at radius 2 is 1.95 bits per heavy atom. The van der Waals surface area contributed by atoms with E-state index in [9.17, 15) is 13.2 Å². The summed E-state index contributed by atoms with van der Waals surface area (Å²) in [7, 11) is -3.33. The fourth-order valence-electron chi connectivity index (χ4n) is 1.65. The zero-order chi connectivity index (χ0) is 14.1. The van der Waals surface area contributed by atoms with E-state index in [4.69, 9.17) is 0 Å². The molecule has 0 radical (unpaired) electrons. The average Bonchev–Trinajstić information content (AvgIpc) is 2.37. The van der Waals surface area contributed by atoms with Crippen LogP contribution in [0.4, 0.5) is 0 Å². The molecular weight excluding hydrogens is 262 g/mol. The van der Waals surface area contributed by atoms with Crippen LogP contribution in [0.5, 0.6) is 0 Å². The Morgan fingerprint density at radius 1 is 1.26 bits per heavy atom. The first-order chi connectivity index (χ1) is 9.03. The zero-order valence-corrected chi connectivity index (χ0v) is 11.7. The molecule has 1 aromatic carbocycles. The molecule has 1 rings (SSSR count). The van der Waals surface area contributed by atoms with Crippen LogP contribution in [0.15, 0.2) is 43.0 Å². The van der Waals surface area contributed by atoms with Gasteiger partial charge in [0, 0.05) is 6.54 Å². The van der Waals surface area contributed by atoms with E-state index < -0.39 is 21.5 Å². The molecule has 0 fully saturated rings. The van der Waals surface area contributed by atoms with Gasteiger partial charge in [-0.05, 0) is 18.4 Å². The topological polar surface area (TPSA) is 63.2 Å². The number of rotatable bonds is 8. The maximum absolute atomic E-state index is 11.7. The van der Waals surface area contributed by atoms with Gasteiger partial charge in [0.2, 0.25) is 5.91 Å². The van der Waals surface area contributed by atoms with E-state index in [1.165, 1.54) is 6.08 Å². The van der Waals surface area contributed by atoms with Crippen LogP contribution in [-0.2, 0) is 21.1 Å². The van der Waals surface area contributed by atoms with Crippen LogP contribution in [0, 0.1) is 0 Å². The van der Waals surface area contributed by atoms with Gasteiger partial charge in [-0.1, -0.05) is 36.4 Å². The molecule has 1 aromatic rings. The summed E-state index contributed by atoms with van der Waals surface area (Å²) < 4.78 is 23.4. The van der Waals surface area contributed by atoms with E-state index in [0.29, 0.717) is 19.4 Å². The number of sulfone groups is 1. The standard InChI is InChI=1S/C14H19NO3S/c1-2-10-15-14(16)12-19(17,18)11-6-9-13-7-4-3-5-8-13/h2-5,7-8H,1,6,9-12H2,(H,15,16). The molecule has 4 nitrogen and oxygen atoms in total. The predicted octanol–water partition coefficient (Wildman–Crippen LogP) is 1.34. The molecule has 5 heteroatoms. The van der Waals surface area contributed by atoms with E-state index in [2.05, 4.69) is 11.9 Å². The fourth-order valence-corrected chi connectivity index (χ4v) is 2.88. The van der Waals surface area contributed by atoms with Gasteiger partial charge in [-0.15, -0.1) is 6.58 Å². The summed E-state index contributed by atoms with van der Waals surface area (Å²) in [5.41, 5.74) is 1.11. The van der Waals surface area contributed by atoms with Crippen molar-refractivity contribution in [2.24, 2.45) is 0 Å². The Labute approximate surface area is 114 Å². The third-order valence-electron chi connectivity index (χ3n) is 2.56. The first-order valence-corrected chi connectivity index (χ1v) is 7.97. The first-order valence-electron chi connectivity index (χ1n) is 6.15. The van der Waals surface area contributed by atoms with Crippen molar-refractivity contribution in [1.82, 2.24) is 5.32 Å². The number of amides is 1.